The third-order valence-corrected chi connectivity index (χ3v) is 3.28. The summed E-state index contributed by atoms with van der Waals surface area (Å²) < 4.78 is 10.6. The fourth-order valence-electron chi connectivity index (χ4n) is 2.22. The molecular formula is C15H10N4O3. The van der Waals surface area contributed by atoms with E-state index in [1.165, 1.54) is 6.92 Å². The lowest BCUT2D eigenvalue weighted by molar-refractivity contribution is 0.0988. The fourth-order valence-corrected chi connectivity index (χ4v) is 2.22. The molecule has 22 heavy (non-hydrogen) atoms. The van der Waals surface area contributed by atoms with Crippen molar-refractivity contribution in [2.75, 3.05) is 0 Å². The summed E-state index contributed by atoms with van der Waals surface area (Å²) >= 11 is 0. The minimum Gasteiger partial charge on any atom is -0.448 e. The van der Waals surface area contributed by atoms with Crippen molar-refractivity contribution in [3.05, 3.63) is 42.4 Å². The number of ketones is 1. The van der Waals surface area contributed by atoms with E-state index in [1.807, 2.05) is 18.3 Å². The molecular weight excluding hydrogens is 284 g/mol. The average molecular weight is 294 g/mol. The van der Waals surface area contributed by atoms with E-state index in [-0.39, 0.29) is 17.4 Å². The van der Waals surface area contributed by atoms with Gasteiger partial charge in [-0.05, 0) is 24.3 Å². The van der Waals surface area contributed by atoms with Crippen LogP contribution in [0.15, 0.2) is 45.6 Å². The summed E-state index contributed by atoms with van der Waals surface area (Å²) in [6.07, 6.45) is 3.49. The van der Waals surface area contributed by atoms with E-state index in [2.05, 4.69) is 20.1 Å². The second-order valence-corrected chi connectivity index (χ2v) is 4.74. The molecule has 7 nitrogen and oxygen atoms in total. The standard InChI is InChI=1S/C15H10N4O3/c1-8(20)11-2-3-12(21-11)15-18-14(19-22-15)13-9-4-6-16-10(9)5-7-17-13/h2-7,16H,1H3. The third-order valence-electron chi connectivity index (χ3n) is 3.28. The first-order valence-corrected chi connectivity index (χ1v) is 6.60. The molecule has 0 aliphatic rings. The van der Waals surface area contributed by atoms with Crippen molar-refractivity contribution in [2.45, 2.75) is 6.92 Å². The van der Waals surface area contributed by atoms with Gasteiger partial charge in [0.05, 0.1) is 0 Å². The number of nitrogens with one attached hydrogen (secondary N) is 1. The topological polar surface area (TPSA) is 97.8 Å². The summed E-state index contributed by atoms with van der Waals surface area (Å²) in [4.78, 5) is 23.0. The molecule has 0 fully saturated rings. The number of aromatic amines is 1. The Bertz CT molecular complexity index is 979. The van der Waals surface area contributed by atoms with Gasteiger partial charge in [-0.1, -0.05) is 5.16 Å². The van der Waals surface area contributed by atoms with Crippen LogP contribution in [0.25, 0.3) is 34.1 Å². The molecule has 0 saturated heterocycles. The number of H-pyrrole nitrogens is 1. The summed E-state index contributed by atoms with van der Waals surface area (Å²) in [5.74, 6) is 1.01. The third kappa shape index (κ3) is 1.91. The summed E-state index contributed by atoms with van der Waals surface area (Å²) in [6.45, 7) is 1.43. The largest absolute Gasteiger partial charge is 0.448 e. The predicted octanol–water partition coefficient (Wildman–Crippen LogP) is 3.08. The molecule has 0 bridgehead atoms. The second-order valence-electron chi connectivity index (χ2n) is 4.74. The first kappa shape index (κ1) is 12.5. The molecule has 0 aromatic carbocycles. The number of hydrogen-bond donors (Lipinski definition) is 1. The van der Waals surface area contributed by atoms with Crippen LogP contribution in [-0.4, -0.2) is 25.9 Å². The zero-order valence-electron chi connectivity index (χ0n) is 11.5. The summed E-state index contributed by atoms with van der Waals surface area (Å²) in [7, 11) is 0. The van der Waals surface area contributed by atoms with Crippen molar-refractivity contribution in [2.24, 2.45) is 0 Å². The summed E-state index contributed by atoms with van der Waals surface area (Å²) in [5.41, 5.74) is 1.56. The smallest absolute Gasteiger partial charge is 0.294 e. The Balaban J connectivity index is 1.77. The number of carbonyl (C=O) groups is 1. The zero-order valence-corrected chi connectivity index (χ0v) is 11.5. The Morgan fingerprint density at radius 1 is 1.23 bits per heavy atom. The Morgan fingerprint density at radius 3 is 2.95 bits per heavy atom. The molecule has 4 heterocycles. The Morgan fingerprint density at radius 2 is 2.14 bits per heavy atom. The van der Waals surface area contributed by atoms with Gasteiger partial charge in [-0.3, -0.25) is 9.78 Å². The monoisotopic (exact) mass is 294 g/mol. The number of hydrogen-bond acceptors (Lipinski definition) is 6. The van der Waals surface area contributed by atoms with Crippen molar-refractivity contribution in [1.29, 1.82) is 0 Å². The first-order chi connectivity index (χ1) is 10.7. The normalized spacial score (nSPS) is 11.1. The molecule has 7 heteroatoms. The van der Waals surface area contributed by atoms with E-state index in [1.54, 1.807) is 18.3 Å². The fraction of sp³-hybridized carbons (Fsp3) is 0.0667. The van der Waals surface area contributed by atoms with Crippen LogP contribution in [0.1, 0.15) is 17.5 Å². The Hall–Kier alpha value is -3.22. The molecule has 0 radical (unpaired) electrons. The van der Waals surface area contributed by atoms with Gasteiger partial charge in [-0.25, -0.2) is 0 Å². The number of Topliss-reactive ketones (excluding diaryl/α,β-unsaturated/α-hetero) is 1. The quantitative estimate of drug-likeness (QED) is 0.583. The van der Waals surface area contributed by atoms with Crippen LogP contribution in [0.2, 0.25) is 0 Å². The SMILES string of the molecule is CC(=O)c1ccc(-c2nc(-c3nccc4[nH]ccc34)no2)o1. The highest BCUT2D eigenvalue weighted by molar-refractivity contribution is 5.92. The molecule has 0 amide bonds. The highest BCUT2D eigenvalue weighted by Crippen LogP contribution is 2.27. The van der Waals surface area contributed by atoms with Gasteiger partial charge in [0, 0.05) is 30.2 Å². The van der Waals surface area contributed by atoms with Gasteiger partial charge in [-0.15, -0.1) is 0 Å². The van der Waals surface area contributed by atoms with Gasteiger partial charge in [-0.2, -0.15) is 4.98 Å². The number of aromatic nitrogens is 4. The zero-order chi connectivity index (χ0) is 15.1. The van der Waals surface area contributed by atoms with Gasteiger partial charge in [0.2, 0.25) is 5.82 Å². The molecule has 0 atom stereocenters. The number of rotatable bonds is 3. The lowest BCUT2D eigenvalue weighted by Gasteiger charge is -1.95. The van der Waals surface area contributed by atoms with Gasteiger partial charge in [0.1, 0.15) is 5.69 Å². The van der Waals surface area contributed by atoms with Crippen LogP contribution < -0.4 is 0 Å². The van der Waals surface area contributed by atoms with Crippen molar-refractivity contribution in [1.82, 2.24) is 20.1 Å². The number of pyridine rings is 1. The maximum absolute atomic E-state index is 11.3. The maximum atomic E-state index is 11.3. The van der Waals surface area contributed by atoms with Crippen molar-refractivity contribution >= 4 is 16.7 Å². The molecule has 0 aliphatic heterocycles. The maximum Gasteiger partial charge on any atom is 0.294 e. The highest BCUT2D eigenvalue weighted by Gasteiger charge is 2.17. The highest BCUT2D eigenvalue weighted by atomic mass is 16.5. The molecule has 4 rings (SSSR count). The van der Waals surface area contributed by atoms with E-state index in [0.717, 1.165) is 10.9 Å². The predicted molar refractivity (Wildman–Crippen MR) is 77.1 cm³/mol. The molecule has 1 N–H and O–H groups in total. The molecule has 4 aromatic rings. The number of carbonyl (C=O) groups excluding carboxylic acids is 1. The van der Waals surface area contributed by atoms with Crippen LogP contribution in [0.5, 0.6) is 0 Å². The Labute approximate surface area is 124 Å². The van der Waals surface area contributed by atoms with Gasteiger partial charge < -0.3 is 13.9 Å². The van der Waals surface area contributed by atoms with E-state index in [0.29, 0.717) is 17.3 Å². The number of furan rings is 1. The molecule has 108 valence electrons. The van der Waals surface area contributed by atoms with Gasteiger partial charge in [0.15, 0.2) is 17.3 Å². The minimum atomic E-state index is -0.162. The van der Waals surface area contributed by atoms with Crippen LogP contribution in [0, 0.1) is 0 Å². The molecule has 0 unspecified atom stereocenters. The second kappa shape index (κ2) is 4.66. The van der Waals surface area contributed by atoms with Gasteiger partial charge >= 0.3 is 0 Å². The van der Waals surface area contributed by atoms with E-state index in [9.17, 15) is 4.79 Å². The van der Waals surface area contributed by atoms with Crippen molar-refractivity contribution in [3.63, 3.8) is 0 Å². The van der Waals surface area contributed by atoms with E-state index >= 15 is 0 Å². The van der Waals surface area contributed by atoms with Crippen LogP contribution in [0.3, 0.4) is 0 Å². The van der Waals surface area contributed by atoms with Crippen LogP contribution in [0.4, 0.5) is 0 Å². The lowest BCUT2D eigenvalue weighted by Crippen LogP contribution is -1.87. The molecule has 0 saturated carbocycles. The van der Waals surface area contributed by atoms with E-state index < -0.39 is 0 Å². The number of fused-ring (bicyclic) bond motifs is 1. The number of nitrogens with zero attached hydrogens (tertiary/aromatic N) is 3. The van der Waals surface area contributed by atoms with E-state index in [4.69, 9.17) is 8.94 Å². The first-order valence-electron chi connectivity index (χ1n) is 6.60. The molecule has 0 aliphatic carbocycles. The summed E-state index contributed by atoms with van der Waals surface area (Å²) in [5, 5.41) is 4.84. The molecule has 0 spiro atoms. The van der Waals surface area contributed by atoms with Crippen LogP contribution >= 0.6 is 0 Å². The molecule has 4 aromatic heterocycles. The minimum absolute atomic E-state index is 0.162. The Kier molecular flexibility index (Phi) is 2.65. The van der Waals surface area contributed by atoms with Crippen molar-refractivity contribution < 1.29 is 13.7 Å². The van der Waals surface area contributed by atoms with Gasteiger partial charge in [0.25, 0.3) is 5.89 Å². The van der Waals surface area contributed by atoms with Crippen LogP contribution in [-0.2, 0) is 0 Å². The lowest BCUT2D eigenvalue weighted by atomic mass is 10.2. The average Bonchev–Trinajstić information content (AvgIpc) is 3.25. The summed E-state index contributed by atoms with van der Waals surface area (Å²) in [6, 6.07) is 6.96. The van der Waals surface area contributed by atoms with Crippen molar-refractivity contribution in [3.8, 4) is 23.2 Å².